The Morgan fingerprint density at radius 3 is 2.71 bits per heavy atom. The zero-order valence-corrected chi connectivity index (χ0v) is 8.60. The minimum Gasteiger partial charge on any atom is -0.330 e. The van der Waals surface area contributed by atoms with Crippen molar-refractivity contribution in [3.63, 3.8) is 0 Å². The van der Waals surface area contributed by atoms with Crippen LogP contribution in [0.1, 0.15) is 24.4 Å². The lowest BCUT2D eigenvalue weighted by Crippen LogP contribution is -2.14. The molecular formula is C10H14ClFN2. The highest BCUT2D eigenvalue weighted by Crippen LogP contribution is 2.21. The highest BCUT2D eigenvalue weighted by molar-refractivity contribution is 6.30. The molecule has 1 atom stereocenters. The molecule has 0 saturated heterocycles. The minimum atomic E-state index is -0.345. The van der Waals surface area contributed by atoms with Crippen molar-refractivity contribution < 1.29 is 4.39 Å². The zero-order chi connectivity index (χ0) is 10.6. The largest absolute Gasteiger partial charge is 0.330 e. The molecule has 1 aromatic rings. The standard InChI is InChI=1S/C10H14ClFN2/c11-7-3-4-8(9(12)6-7)10(14)2-1-5-13/h3-4,6,10H,1-2,5,13-14H2/t10-/m1/s1. The summed E-state index contributed by atoms with van der Waals surface area (Å²) in [5.41, 5.74) is 11.6. The van der Waals surface area contributed by atoms with E-state index < -0.39 is 0 Å². The molecule has 0 aliphatic heterocycles. The lowest BCUT2D eigenvalue weighted by atomic mass is 10.0. The van der Waals surface area contributed by atoms with Crippen LogP contribution in [0.2, 0.25) is 5.02 Å². The van der Waals surface area contributed by atoms with E-state index in [9.17, 15) is 4.39 Å². The predicted molar refractivity (Wildman–Crippen MR) is 56.6 cm³/mol. The highest BCUT2D eigenvalue weighted by atomic mass is 35.5. The molecule has 2 nitrogen and oxygen atoms in total. The maximum Gasteiger partial charge on any atom is 0.129 e. The van der Waals surface area contributed by atoms with Crippen LogP contribution in [0, 0.1) is 5.82 Å². The molecule has 0 aliphatic rings. The lowest BCUT2D eigenvalue weighted by Gasteiger charge is -2.12. The van der Waals surface area contributed by atoms with Gasteiger partial charge in [0, 0.05) is 16.6 Å². The molecule has 1 aromatic carbocycles. The number of rotatable bonds is 4. The zero-order valence-electron chi connectivity index (χ0n) is 7.84. The molecule has 4 heteroatoms. The molecule has 1 rings (SSSR count). The van der Waals surface area contributed by atoms with Crippen LogP contribution in [0.25, 0.3) is 0 Å². The smallest absolute Gasteiger partial charge is 0.129 e. The molecule has 0 heterocycles. The van der Waals surface area contributed by atoms with Crippen LogP contribution in [-0.2, 0) is 0 Å². The van der Waals surface area contributed by atoms with E-state index in [1.54, 1.807) is 12.1 Å². The normalized spacial score (nSPS) is 12.9. The van der Waals surface area contributed by atoms with Crippen LogP contribution in [0.4, 0.5) is 4.39 Å². The topological polar surface area (TPSA) is 52.0 Å². The van der Waals surface area contributed by atoms with E-state index in [0.29, 0.717) is 23.6 Å². The lowest BCUT2D eigenvalue weighted by molar-refractivity contribution is 0.553. The quantitative estimate of drug-likeness (QED) is 0.811. The van der Waals surface area contributed by atoms with Crippen LogP contribution in [0.5, 0.6) is 0 Å². The molecule has 0 spiro atoms. The molecular weight excluding hydrogens is 203 g/mol. The van der Waals surface area contributed by atoms with Crippen molar-refractivity contribution in [2.45, 2.75) is 18.9 Å². The van der Waals surface area contributed by atoms with Gasteiger partial charge in [-0.05, 0) is 31.5 Å². The Labute approximate surface area is 88.0 Å². The van der Waals surface area contributed by atoms with Gasteiger partial charge in [-0.3, -0.25) is 0 Å². The van der Waals surface area contributed by atoms with Gasteiger partial charge >= 0.3 is 0 Å². The summed E-state index contributed by atoms with van der Waals surface area (Å²) in [5, 5.41) is 0.386. The minimum absolute atomic E-state index is 0.296. The van der Waals surface area contributed by atoms with Gasteiger partial charge in [0.05, 0.1) is 0 Å². The van der Waals surface area contributed by atoms with Gasteiger partial charge in [0.2, 0.25) is 0 Å². The van der Waals surface area contributed by atoms with Crippen LogP contribution in [0.3, 0.4) is 0 Å². The Kier molecular flexibility index (Phi) is 4.32. The van der Waals surface area contributed by atoms with E-state index in [4.69, 9.17) is 23.1 Å². The number of hydrogen-bond donors (Lipinski definition) is 2. The third-order valence-electron chi connectivity index (χ3n) is 2.08. The fourth-order valence-electron chi connectivity index (χ4n) is 1.30. The fourth-order valence-corrected chi connectivity index (χ4v) is 1.45. The summed E-state index contributed by atoms with van der Waals surface area (Å²) in [4.78, 5) is 0. The van der Waals surface area contributed by atoms with Crippen molar-refractivity contribution in [2.75, 3.05) is 6.54 Å². The van der Waals surface area contributed by atoms with Crippen molar-refractivity contribution in [1.82, 2.24) is 0 Å². The summed E-state index contributed by atoms with van der Waals surface area (Å²) < 4.78 is 13.3. The van der Waals surface area contributed by atoms with Crippen LogP contribution < -0.4 is 11.5 Å². The van der Waals surface area contributed by atoms with Gasteiger partial charge in [-0.2, -0.15) is 0 Å². The molecule has 0 amide bonds. The van der Waals surface area contributed by atoms with E-state index in [1.807, 2.05) is 0 Å². The van der Waals surface area contributed by atoms with E-state index in [1.165, 1.54) is 6.07 Å². The molecule has 0 aliphatic carbocycles. The third-order valence-corrected chi connectivity index (χ3v) is 2.32. The Balaban J connectivity index is 2.74. The van der Waals surface area contributed by atoms with Crippen molar-refractivity contribution in [2.24, 2.45) is 11.5 Å². The molecule has 0 aromatic heterocycles. The molecule has 78 valence electrons. The first-order valence-electron chi connectivity index (χ1n) is 4.55. The Hall–Kier alpha value is -0.640. The first kappa shape index (κ1) is 11.4. The summed E-state index contributed by atoms with van der Waals surface area (Å²) in [7, 11) is 0. The molecule has 14 heavy (non-hydrogen) atoms. The average molecular weight is 217 g/mol. The number of benzene rings is 1. The summed E-state index contributed by atoms with van der Waals surface area (Å²) in [5.74, 6) is -0.345. The van der Waals surface area contributed by atoms with E-state index in [-0.39, 0.29) is 11.9 Å². The monoisotopic (exact) mass is 216 g/mol. The second-order valence-electron chi connectivity index (χ2n) is 3.20. The van der Waals surface area contributed by atoms with Crippen molar-refractivity contribution >= 4 is 11.6 Å². The van der Waals surface area contributed by atoms with Gasteiger partial charge in [0.15, 0.2) is 0 Å². The van der Waals surface area contributed by atoms with Crippen molar-refractivity contribution in [3.8, 4) is 0 Å². The fraction of sp³-hybridized carbons (Fsp3) is 0.400. The predicted octanol–water partition coefficient (Wildman–Crippen LogP) is 2.22. The third kappa shape index (κ3) is 2.94. The van der Waals surface area contributed by atoms with Crippen LogP contribution in [-0.4, -0.2) is 6.54 Å². The first-order chi connectivity index (χ1) is 6.65. The van der Waals surface area contributed by atoms with Gasteiger partial charge in [0.25, 0.3) is 0 Å². The maximum absolute atomic E-state index is 13.3. The Morgan fingerprint density at radius 1 is 1.43 bits per heavy atom. The van der Waals surface area contributed by atoms with Gasteiger partial charge in [0.1, 0.15) is 5.82 Å². The number of hydrogen-bond acceptors (Lipinski definition) is 2. The molecule has 0 bridgehead atoms. The summed E-state index contributed by atoms with van der Waals surface area (Å²) in [6.45, 7) is 0.572. The average Bonchev–Trinajstić information content (AvgIpc) is 2.14. The molecule has 0 radical (unpaired) electrons. The second-order valence-corrected chi connectivity index (χ2v) is 3.64. The molecule has 4 N–H and O–H groups in total. The van der Waals surface area contributed by atoms with E-state index in [0.717, 1.165) is 6.42 Å². The van der Waals surface area contributed by atoms with Gasteiger partial charge in [-0.1, -0.05) is 17.7 Å². The molecule has 0 saturated carbocycles. The maximum atomic E-state index is 13.3. The van der Waals surface area contributed by atoms with Crippen molar-refractivity contribution in [1.29, 1.82) is 0 Å². The molecule has 0 unspecified atom stereocenters. The van der Waals surface area contributed by atoms with E-state index in [2.05, 4.69) is 0 Å². The molecule has 0 fully saturated rings. The Bertz CT molecular complexity index is 304. The van der Waals surface area contributed by atoms with Crippen molar-refractivity contribution in [3.05, 3.63) is 34.6 Å². The van der Waals surface area contributed by atoms with Gasteiger partial charge in [-0.25, -0.2) is 4.39 Å². The summed E-state index contributed by atoms with van der Waals surface area (Å²) in [6.07, 6.45) is 1.48. The SMILES string of the molecule is NCCC[C@@H](N)c1ccc(Cl)cc1F. The number of halogens is 2. The Morgan fingerprint density at radius 2 is 2.14 bits per heavy atom. The first-order valence-corrected chi connectivity index (χ1v) is 4.93. The van der Waals surface area contributed by atoms with E-state index >= 15 is 0 Å². The summed E-state index contributed by atoms with van der Waals surface area (Å²) in [6, 6.07) is 4.25. The van der Waals surface area contributed by atoms with Gasteiger partial charge < -0.3 is 11.5 Å². The highest BCUT2D eigenvalue weighted by Gasteiger charge is 2.10. The summed E-state index contributed by atoms with van der Waals surface area (Å²) >= 11 is 5.63. The number of nitrogens with two attached hydrogens (primary N) is 2. The second kappa shape index (κ2) is 5.29. The van der Waals surface area contributed by atoms with Gasteiger partial charge in [-0.15, -0.1) is 0 Å². The van der Waals surface area contributed by atoms with Crippen LogP contribution >= 0.6 is 11.6 Å². The van der Waals surface area contributed by atoms with Crippen LogP contribution in [0.15, 0.2) is 18.2 Å².